The Morgan fingerprint density at radius 3 is 2.37 bits per heavy atom. The third kappa shape index (κ3) is 4.23. The molecule has 3 aromatic rings. The molecule has 1 heterocycles. The van der Waals surface area contributed by atoms with Crippen LogP contribution in [0, 0.1) is 13.8 Å². The SMILES string of the molecule is Cc1ccc(NC(=O)CN(C)C(=O)c2cc(=O)c3cc(C)ccc3o2)cc1. The van der Waals surface area contributed by atoms with Gasteiger partial charge in [-0.3, -0.25) is 14.4 Å². The molecule has 2 amide bonds. The summed E-state index contributed by atoms with van der Waals surface area (Å²) < 4.78 is 5.57. The molecule has 27 heavy (non-hydrogen) atoms. The molecule has 6 heteroatoms. The van der Waals surface area contributed by atoms with E-state index >= 15 is 0 Å². The van der Waals surface area contributed by atoms with Crippen molar-refractivity contribution in [3.63, 3.8) is 0 Å². The Bertz CT molecular complexity index is 1070. The molecule has 0 saturated heterocycles. The van der Waals surface area contributed by atoms with Gasteiger partial charge in [0.1, 0.15) is 5.58 Å². The summed E-state index contributed by atoms with van der Waals surface area (Å²) in [7, 11) is 1.48. The number of nitrogens with one attached hydrogen (secondary N) is 1. The zero-order valence-electron chi connectivity index (χ0n) is 15.4. The van der Waals surface area contributed by atoms with Crippen LogP contribution in [0.5, 0.6) is 0 Å². The summed E-state index contributed by atoms with van der Waals surface area (Å²) in [5.41, 5.74) is 2.72. The second-order valence-electron chi connectivity index (χ2n) is 6.55. The molecule has 6 nitrogen and oxygen atoms in total. The lowest BCUT2D eigenvalue weighted by Gasteiger charge is -2.16. The molecule has 0 radical (unpaired) electrons. The zero-order chi connectivity index (χ0) is 19.6. The maximum atomic E-state index is 12.6. The van der Waals surface area contributed by atoms with Gasteiger partial charge in [0, 0.05) is 18.8 Å². The standard InChI is InChI=1S/C21H20N2O4/c1-13-4-7-15(8-5-13)22-20(25)12-23(3)21(26)19-11-17(24)16-10-14(2)6-9-18(16)27-19/h4-11H,12H2,1-3H3,(H,22,25). The maximum absolute atomic E-state index is 12.6. The molecular formula is C21H20N2O4. The second kappa shape index (κ2) is 7.45. The van der Waals surface area contributed by atoms with Crippen LogP contribution >= 0.6 is 0 Å². The molecule has 3 rings (SSSR count). The number of fused-ring (bicyclic) bond motifs is 1. The van der Waals surface area contributed by atoms with Crippen molar-refractivity contribution in [1.82, 2.24) is 4.90 Å². The second-order valence-corrected chi connectivity index (χ2v) is 6.55. The Morgan fingerprint density at radius 1 is 1.00 bits per heavy atom. The molecule has 0 bridgehead atoms. The fourth-order valence-electron chi connectivity index (χ4n) is 2.69. The van der Waals surface area contributed by atoms with Gasteiger partial charge in [0.15, 0.2) is 11.2 Å². The minimum absolute atomic E-state index is 0.0954. The number of aryl methyl sites for hydroxylation is 2. The Balaban J connectivity index is 1.74. The van der Waals surface area contributed by atoms with Gasteiger partial charge in [0.2, 0.25) is 5.91 Å². The Labute approximate surface area is 156 Å². The van der Waals surface area contributed by atoms with Crippen LogP contribution in [0.3, 0.4) is 0 Å². The van der Waals surface area contributed by atoms with E-state index in [2.05, 4.69) is 5.32 Å². The highest BCUT2D eigenvalue weighted by Crippen LogP contribution is 2.15. The van der Waals surface area contributed by atoms with Gasteiger partial charge in [0.05, 0.1) is 11.9 Å². The third-order valence-corrected chi connectivity index (χ3v) is 4.16. The smallest absolute Gasteiger partial charge is 0.289 e. The highest BCUT2D eigenvalue weighted by Gasteiger charge is 2.19. The largest absolute Gasteiger partial charge is 0.451 e. The Hall–Kier alpha value is -3.41. The van der Waals surface area contributed by atoms with Crippen LogP contribution in [0.25, 0.3) is 11.0 Å². The van der Waals surface area contributed by atoms with Crippen molar-refractivity contribution in [2.75, 3.05) is 18.9 Å². The van der Waals surface area contributed by atoms with Crippen molar-refractivity contribution in [3.05, 3.63) is 75.6 Å². The first-order chi connectivity index (χ1) is 12.8. The van der Waals surface area contributed by atoms with Crippen LogP contribution < -0.4 is 10.7 Å². The van der Waals surface area contributed by atoms with E-state index in [0.717, 1.165) is 11.1 Å². The molecule has 0 aliphatic heterocycles. The van der Waals surface area contributed by atoms with E-state index in [4.69, 9.17) is 4.42 Å². The van der Waals surface area contributed by atoms with Gasteiger partial charge in [-0.15, -0.1) is 0 Å². The molecule has 2 aromatic carbocycles. The first-order valence-electron chi connectivity index (χ1n) is 8.50. The van der Waals surface area contributed by atoms with Gasteiger partial charge in [-0.05, 0) is 38.1 Å². The number of likely N-dealkylation sites (N-methyl/N-ethyl adjacent to an activating group) is 1. The number of anilines is 1. The van der Waals surface area contributed by atoms with Crippen LogP contribution in [0.1, 0.15) is 21.7 Å². The van der Waals surface area contributed by atoms with Crippen LogP contribution in [0.2, 0.25) is 0 Å². The molecular weight excluding hydrogens is 344 g/mol. The lowest BCUT2D eigenvalue weighted by atomic mass is 10.1. The molecule has 0 unspecified atom stereocenters. The number of benzene rings is 2. The number of amides is 2. The fraction of sp³-hybridized carbons (Fsp3) is 0.190. The predicted molar refractivity (Wildman–Crippen MR) is 104 cm³/mol. The van der Waals surface area contributed by atoms with Crippen molar-refractivity contribution in [3.8, 4) is 0 Å². The first-order valence-corrected chi connectivity index (χ1v) is 8.50. The minimum atomic E-state index is -0.534. The van der Waals surface area contributed by atoms with Gasteiger partial charge in [0.25, 0.3) is 5.91 Å². The molecule has 0 fully saturated rings. The predicted octanol–water partition coefficient (Wildman–Crippen LogP) is 3.12. The monoisotopic (exact) mass is 364 g/mol. The molecule has 1 N–H and O–H groups in total. The van der Waals surface area contributed by atoms with E-state index in [0.29, 0.717) is 16.7 Å². The number of hydrogen-bond donors (Lipinski definition) is 1. The summed E-state index contributed by atoms with van der Waals surface area (Å²) in [6.45, 7) is 3.66. The van der Waals surface area contributed by atoms with E-state index in [1.165, 1.54) is 18.0 Å². The topological polar surface area (TPSA) is 79.6 Å². The van der Waals surface area contributed by atoms with Gasteiger partial charge in [-0.2, -0.15) is 0 Å². The van der Waals surface area contributed by atoms with Crippen molar-refractivity contribution < 1.29 is 14.0 Å². The Kier molecular flexibility index (Phi) is 5.07. The number of carbonyl (C=O) groups is 2. The molecule has 0 aliphatic carbocycles. The minimum Gasteiger partial charge on any atom is -0.451 e. The van der Waals surface area contributed by atoms with Crippen molar-refractivity contribution in [2.24, 2.45) is 0 Å². The number of nitrogens with zero attached hydrogens (tertiary/aromatic N) is 1. The Morgan fingerprint density at radius 2 is 1.67 bits per heavy atom. The normalized spacial score (nSPS) is 10.6. The van der Waals surface area contributed by atoms with Gasteiger partial charge in [-0.1, -0.05) is 29.3 Å². The zero-order valence-corrected chi connectivity index (χ0v) is 15.4. The average Bonchev–Trinajstić information content (AvgIpc) is 2.63. The fourth-order valence-corrected chi connectivity index (χ4v) is 2.69. The molecule has 0 aliphatic rings. The van der Waals surface area contributed by atoms with E-state index in [1.54, 1.807) is 30.3 Å². The van der Waals surface area contributed by atoms with E-state index < -0.39 is 5.91 Å². The summed E-state index contributed by atoms with van der Waals surface area (Å²) in [6, 6.07) is 13.7. The van der Waals surface area contributed by atoms with E-state index in [1.807, 2.05) is 26.0 Å². The van der Waals surface area contributed by atoms with Crippen LogP contribution in [0.15, 0.2) is 57.7 Å². The summed E-state index contributed by atoms with van der Waals surface area (Å²) in [5.74, 6) is -0.968. The van der Waals surface area contributed by atoms with Crippen molar-refractivity contribution in [1.29, 1.82) is 0 Å². The summed E-state index contributed by atoms with van der Waals surface area (Å²) in [6.07, 6.45) is 0. The summed E-state index contributed by atoms with van der Waals surface area (Å²) >= 11 is 0. The lowest BCUT2D eigenvalue weighted by Crippen LogP contribution is -2.35. The van der Waals surface area contributed by atoms with Crippen LogP contribution in [0.4, 0.5) is 5.69 Å². The molecule has 0 atom stereocenters. The highest BCUT2D eigenvalue weighted by atomic mass is 16.3. The molecule has 0 saturated carbocycles. The lowest BCUT2D eigenvalue weighted by molar-refractivity contribution is -0.116. The highest BCUT2D eigenvalue weighted by molar-refractivity contribution is 5.98. The van der Waals surface area contributed by atoms with E-state index in [9.17, 15) is 14.4 Å². The number of carbonyl (C=O) groups excluding carboxylic acids is 2. The van der Waals surface area contributed by atoms with Gasteiger partial charge in [-0.25, -0.2) is 0 Å². The molecule has 138 valence electrons. The summed E-state index contributed by atoms with van der Waals surface area (Å²) in [4.78, 5) is 38.2. The van der Waals surface area contributed by atoms with Crippen LogP contribution in [-0.4, -0.2) is 30.3 Å². The van der Waals surface area contributed by atoms with Crippen molar-refractivity contribution in [2.45, 2.75) is 13.8 Å². The third-order valence-electron chi connectivity index (χ3n) is 4.16. The first kappa shape index (κ1) is 18.4. The van der Waals surface area contributed by atoms with Gasteiger partial charge < -0.3 is 14.6 Å². The van der Waals surface area contributed by atoms with Gasteiger partial charge >= 0.3 is 0 Å². The van der Waals surface area contributed by atoms with Crippen molar-refractivity contribution >= 4 is 28.5 Å². The van der Waals surface area contributed by atoms with E-state index in [-0.39, 0.29) is 23.6 Å². The molecule has 1 aromatic heterocycles. The number of rotatable bonds is 4. The molecule has 0 spiro atoms. The number of hydrogen-bond acceptors (Lipinski definition) is 4. The summed E-state index contributed by atoms with van der Waals surface area (Å²) in [5, 5.41) is 3.15. The average molecular weight is 364 g/mol. The van der Waals surface area contributed by atoms with Crippen LogP contribution in [-0.2, 0) is 4.79 Å². The maximum Gasteiger partial charge on any atom is 0.289 e. The quantitative estimate of drug-likeness (QED) is 0.771.